The van der Waals surface area contributed by atoms with Crippen molar-refractivity contribution in [2.24, 2.45) is 0 Å². The second kappa shape index (κ2) is 6.61. The number of sulfone groups is 1. The minimum absolute atomic E-state index is 0.00418. The van der Waals surface area contributed by atoms with Crippen LogP contribution < -0.4 is 0 Å². The van der Waals surface area contributed by atoms with Crippen molar-refractivity contribution in [3.05, 3.63) is 72.2 Å². The van der Waals surface area contributed by atoms with Gasteiger partial charge in [-0.3, -0.25) is 4.79 Å². The molecule has 1 aliphatic heterocycles. The Hall–Kier alpha value is -2.60. The van der Waals surface area contributed by atoms with E-state index >= 15 is 0 Å². The third-order valence-electron chi connectivity index (χ3n) is 4.86. The van der Waals surface area contributed by atoms with Crippen LogP contribution in [0.4, 0.5) is 0 Å². The summed E-state index contributed by atoms with van der Waals surface area (Å²) in [6.07, 6.45) is 1.91. The topological polar surface area (TPSA) is 67.6 Å². The number of benzene rings is 2. The Kier molecular flexibility index (Phi) is 4.28. The minimum atomic E-state index is -3.10. The summed E-state index contributed by atoms with van der Waals surface area (Å²) in [7, 11) is -3.10. The first-order valence-electron chi connectivity index (χ1n) is 8.55. The lowest BCUT2D eigenvalue weighted by Gasteiger charge is -2.28. The fourth-order valence-electron chi connectivity index (χ4n) is 3.54. The van der Waals surface area contributed by atoms with Gasteiger partial charge < -0.3 is 9.32 Å². The van der Waals surface area contributed by atoms with E-state index in [2.05, 4.69) is 0 Å². The largest absolute Gasteiger partial charge is 0.459 e. The molecule has 0 saturated carbocycles. The van der Waals surface area contributed by atoms with Crippen LogP contribution in [0.3, 0.4) is 0 Å². The standard InChI is InChI=1S/C20H19NO4S/c22-20(19-9-4-11-25-19)21(17-10-12-26(23,24)14-17)13-16-7-3-6-15-5-1-2-8-18(15)16/h1-9,11,17H,10,12-14H2. The predicted molar refractivity (Wildman–Crippen MR) is 99.6 cm³/mol. The highest BCUT2D eigenvalue weighted by Gasteiger charge is 2.36. The molecule has 1 atom stereocenters. The van der Waals surface area contributed by atoms with E-state index in [9.17, 15) is 13.2 Å². The molecule has 1 aliphatic rings. The quantitative estimate of drug-likeness (QED) is 0.708. The van der Waals surface area contributed by atoms with Crippen molar-refractivity contribution in [3.63, 3.8) is 0 Å². The zero-order chi connectivity index (χ0) is 18.1. The molecule has 0 radical (unpaired) electrons. The maximum Gasteiger partial charge on any atom is 0.290 e. The first-order chi connectivity index (χ1) is 12.5. The molecule has 6 heteroatoms. The van der Waals surface area contributed by atoms with Crippen LogP contribution in [0.2, 0.25) is 0 Å². The third kappa shape index (κ3) is 3.24. The molecular formula is C20H19NO4S. The van der Waals surface area contributed by atoms with Crippen molar-refractivity contribution >= 4 is 26.5 Å². The number of rotatable bonds is 4. The lowest BCUT2D eigenvalue weighted by molar-refractivity contribution is 0.0649. The van der Waals surface area contributed by atoms with E-state index in [0.717, 1.165) is 16.3 Å². The summed E-state index contributed by atoms with van der Waals surface area (Å²) in [5.74, 6) is 0.0823. The average Bonchev–Trinajstić information content (AvgIpc) is 3.29. The molecular weight excluding hydrogens is 350 g/mol. The Morgan fingerprint density at radius 1 is 1.08 bits per heavy atom. The van der Waals surface area contributed by atoms with E-state index < -0.39 is 9.84 Å². The number of carbonyl (C=O) groups is 1. The van der Waals surface area contributed by atoms with Gasteiger partial charge in [0.1, 0.15) is 0 Å². The maximum atomic E-state index is 13.0. The summed E-state index contributed by atoms with van der Waals surface area (Å²) >= 11 is 0. The number of hydrogen-bond acceptors (Lipinski definition) is 4. The highest BCUT2D eigenvalue weighted by atomic mass is 32.2. The SMILES string of the molecule is O=C(c1ccco1)N(Cc1cccc2ccccc12)C1CCS(=O)(=O)C1. The molecule has 1 fully saturated rings. The molecule has 4 rings (SSSR count). The minimum Gasteiger partial charge on any atom is -0.459 e. The Labute approximate surface area is 152 Å². The molecule has 0 bridgehead atoms. The van der Waals surface area contributed by atoms with Gasteiger partial charge in [0.15, 0.2) is 15.6 Å². The zero-order valence-corrected chi connectivity index (χ0v) is 15.0. The normalized spacial score (nSPS) is 18.8. The van der Waals surface area contributed by atoms with E-state index in [1.165, 1.54) is 6.26 Å². The molecule has 0 aliphatic carbocycles. The number of fused-ring (bicyclic) bond motifs is 1. The van der Waals surface area contributed by atoms with Gasteiger partial charge in [0.25, 0.3) is 5.91 Å². The highest BCUT2D eigenvalue weighted by Crippen LogP contribution is 2.26. The molecule has 1 amide bonds. The average molecular weight is 369 g/mol. The van der Waals surface area contributed by atoms with Crippen molar-refractivity contribution in [1.82, 2.24) is 4.90 Å². The lowest BCUT2D eigenvalue weighted by Crippen LogP contribution is -2.40. The Morgan fingerprint density at radius 2 is 1.88 bits per heavy atom. The molecule has 0 N–H and O–H groups in total. The molecule has 26 heavy (non-hydrogen) atoms. The summed E-state index contributed by atoms with van der Waals surface area (Å²) in [6, 6.07) is 16.9. The van der Waals surface area contributed by atoms with Gasteiger partial charge in [-0.15, -0.1) is 0 Å². The van der Waals surface area contributed by atoms with Gasteiger partial charge in [0.05, 0.1) is 17.8 Å². The van der Waals surface area contributed by atoms with Crippen LogP contribution in [0, 0.1) is 0 Å². The van der Waals surface area contributed by atoms with Crippen LogP contribution in [-0.2, 0) is 16.4 Å². The van der Waals surface area contributed by atoms with Gasteiger partial charge >= 0.3 is 0 Å². The van der Waals surface area contributed by atoms with E-state index in [1.807, 2.05) is 42.5 Å². The molecule has 1 saturated heterocycles. The molecule has 1 aromatic heterocycles. The van der Waals surface area contributed by atoms with Gasteiger partial charge in [-0.05, 0) is 34.9 Å². The number of carbonyl (C=O) groups excluding carboxylic acids is 1. The van der Waals surface area contributed by atoms with E-state index in [-0.39, 0.29) is 29.2 Å². The smallest absolute Gasteiger partial charge is 0.290 e. The Balaban J connectivity index is 1.72. The number of amides is 1. The van der Waals surface area contributed by atoms with Crippen LogP contribution in [0.15, 0.2) is 65.3 Å². The molecule has 134 valence electrons. The monoisotopic (exact) mass is 369 g/mol. The van der Waals surface area contributed by atoms with Crippen molar-refractivity contribution in [2.75, 3.05) is 11.5 Å². The van der Waals surface area contributed by atoms with Gasteiger partial charge in [-0.1, -0.05) is 42.5 Å². The Bertz CT molecular complexity index is 1040. The fraction of sp³-hybridized carbons (Fsp3) is 0.250. The lowest BCUT2D eigenvalue weighted by atomic mass is 10.0. The summed E-state index contributed by atoms with van der Waals surface area (Å²) in [4.78, 5) is 14.6. The fourth-order valence-corrected chi connectivity index (χ4v) is 5.27. The van der Waals surface area contributed by atoms with E-state index in [4.69, 9.17) is 4.42 Å². The van der Waals surface area contributed by atoms with Gasteiger partial charge in [0.2, 0.25) is 0 Å². The van der Waals surface area contributed by atoms with Crippen molar-refractivity contribution in [1.29, 1.82) is 0 Å². The first kappa shape index (κ1) is 16.8. The van der Waals surface area contributed by atoms with Gasteiger partial charge in [0, 0.05) is 12.6 Å². The second-order valence-corrected chi connectivity index (χ2v) is 8.83. The third-order valence-corrected chi connectivity index (χ3v) is 6.61. The molecule has 2 heterocycles. The molecule has 1 unspecified atom stereocenters. The van der Waals surface area contributed by atoms with Gasteiger partial charge in [-0.25, -0.2) is 8.42 Å². The number of nitrogens with zero attached hydrogens (tertiary/aromatic N) is 1. The molecule has 0 spiro atoms. The number of furan rings is 1. The van der Waals surface area contributed by atoms with Crippen LogP contribution in [0.1, 0.15) is 22.5 Å². The van der Waals surface area contributed by atoms with Crippen LogP contribution >= 0.6 is 0 Å². The van der Waals surface area contributed by atoms with E-state index in [0.29, 0.717) is 13.0 Å². The first-order valence-corrected chi connectivity index (χ1v) is 10.4. The van der Waals surface area contributed by atoms with Crippen LogP contribution in [0.5, 0.6) is 0 Å². The second-order valence-electron chi connectivity index (χ2n) is 6.61. The van der Waals surface area contributed by atoms with Crippen molar-refractivity contribution in [2.45, 2.75) is 19.0 Å². The van der Waals surface area contributed by atoms with E-state index in [1.54, 1.807) is 17.0 Å². The summed E-state index contributed by atoms with van der Waals surface area (Å²) in [5.41, 5.74) is 0.993. The van der Waals surface area contributed by atoms with Crippen LogP contribution in [-0.4, -0.2) is 36.8 Å². The Morgan fingerprint density at radius 3 is 2.62 bits per heavy atom. The molecule has 3 aromatic rings. The summed E-state index contributed by atoms with van der Waals surface area (Å²) < 4.78 is 29.2. The zero-order valence-electron chi connectivity index (χ0n) is 14.2. The summed E-state index contributed by atoms with van der Waals surface area (Å²) in [6.45, 7) is 0.348. The van der Waals surface area contributed by atoms with Crippen molar-refractivity contribution < 1.29 is 17.6 Å². The predicted octanol–water partition coefficient (Wildman–Crippen LogP) is 3.26. The number of hydrogen-bond donors (Lipinski definition) is 0. The molecule has 5 nitrogen and oxygen atoms in total. The maximum absolute atomic E-state index is 13.0. The summed E-state index contributed by atoms with van der Waals surface area (Å²) in [5, 5.41) is 2.16. The van der Waals surface area contributed by atoms with Crippen molar-refractivity contribution in [3.8, 4) is 0 Å². The molecule has 2 aromatic carbocycles. The van der Waals surface area contributed by atoms with Crippen LogP contribution in [0.25, 0.3) is 10.8 Å². The van der Waals surface area contributed by atoms with Gasteiger partial charge in [-0.2, -0.15) is 0 Å². The highest BCUT2D eigenvalue weighted by molar-refractivity contribution is 7.91.